The molecule has 0 unspecified atom stereocenters. The van der Waals surface area contributed by atoms with Crippen molar-refractivity contribution in [1.29, 1.82) is 0 Å². The van der Waals surface area contributed by atoms with Gasteiger partial charge in [0.1, 0.15) is 0 Å². The third kappa shape index (κ3) is 2.93. The molecule has 1 aliphatic heterocycles. The van der Waals surface area contributed by atoms with E-state index in [9.17, 15) is 8.42 Å². The van der Waals surface area contributed by atoms with E-state index in [0.717, 1.165) is 31.4 Å². The van der Waals surface area contributed by atoms with Crippen LogP contribution in [0.15, 0.2) is 17.2 Å². The number of H-pyrrole nitrogens is 1. The van der Waals surface area contributed by atoms with Crippen molar-refractivity contribution in [1.82, 2.24) is 9.29 Å². The van der Waals surface area contributed by atoms with Crippen molar-refractivity contribution >= 4 is 10.0 Å². The van der Waals surface area contributed by atoms with Gasteiger partial charge in [-0.15, -0.1) is 0 Å². The quantitative estimate of drug-likeness (QED) is 0.872. The van der Waals surface area contributed by atoms with Gasteiger partial charge in [0.2, 0.25) is 10.0 Å². The number of nitrogens with zero attached hydrogens (tertiary/aromatic N) is 1. The maximum atomic E-state index is 12.4. The van der Waals surface area contributed by atoms with E-state index >= 15 is 0 Å². The SMILES string of the molecule is NCc1cc(S(=O)(=O)N2CCCCCCC2)c[nH]1. The van der Waals surface area contributed by atoms with Crippen LogP contribution in [0.1, 0.15) is 37.8 Å². The van der Waals surface area contributed by atoms with E-state index in [1.54, 1.807) is 10.4 Å². The van der Waals surface area contributed by atoms with E-state index in [2.05, 4.69) is 4.98 Å². The second kappa shape index (κ2) is 5.86. The summed E-state index contributed by atoms with van der Waals surface area (Å²) in [5.74, 6) is 0. The topological polar surface area (TPSA) is 79.2 Å². The van der Waals surface area contributed by atoms with Gasteiger partial charge in [-0.2, -0.15) is 4.31 Å². The van der Waals surface area contributed by atoms with Gasteiger partial charge in [0.25, 0.3) is 0 Å². The third-order valence-corrected chi connectivity index (χ3v) is 5.27. The molecule has 2 rings (SSSR count). The van der Waals surface area contributed by atoms with E-state index in [1.165, 1.54) is 12.6 Å². The van der Waals surface area contributed by atoms with E-state index in [0.29, 0.717) is 24.5 Å². The number of sulfonamides is 1. The van der Waals surface area contributed by atoms with Crippen LogP contribution in [0.25, 0.3) is 0 Å². The summed E-state index contributed by atoms with van der Waals surface area (Å²) in [7, 11) is -3.34. The molecule has 0 bridgehead atoms. The standard InChI is InChI=1S/C12H21N3O2S/c13-9-11-8-12(10-14-11)18(16,17)15-6-4-2-1-3-5-7-15/h8,10,14H,1-7,9,13H2. The van der Waals surface area contributed by atoms with Crippen LogP contribution in [0.3, 0.4) is 0 Å². The first-order valence-electron chi connectivity index (χ1n) is 6.52. The minimum absolute atomic E-state index is 0.329. The lowest BCUT2D eigenvalue weighted by Crippen LogP contribution is -2.33. The summed E-state index contributed by atoms with van der Waals surface area (Å²) >= 11 is 0. The Morgan fingerprint density at radius 1 is 1.17 bits per heavy atom. The van der Waals surface area contributed by atoms with Gasteiger partial charge in [-0.25, -0.2) is 8.42 Å². The van der Waals surface area contributed by atoms with Crippen LogP contribution in [0, 0.1) is 0 Å². The largest absolute Gasteiger partial charge is 0.363 e. The second-order valence-electron chi connectivity index (χ2n) is 4.74. The fourth-order valence-electron chi connectivity index (χ4n) is 2.29. The van der Waals surface area contributed by atoms with Crippen molar-refractivity contribution in [3.05, 3.63) is 18.0 Å². The number of hydrogen-bond donors (Lipinski definition) is 2. The molecule has 1 aromatic heterocycles. The molecule has 0 amide bonds. The Morgan fingerprint density at radius 2 is 1.78 bits per heavy atom. The number of aromatic amines is 1. The number of nitrogens with one attached hydrogen (secondary N) is 1. The second-order valence-corrected chi connectivity index (χ2v) is 6.67. The number of aromatic nitrogens is 1. The van der Waals surface area contributed by atoms with E-state index in [-0.39, 0.29) is 0 Å². The normalized spacial score (nSPS) is 19.4. The molecule has 0 spiro atoms. The smallest absolute Gasteiger partial charge is 0.244 e. The summed E-state index contributed by atoms with van der Waals surface area (Å²) in [4.78, 5) is 3.23. The molecule has 1 aliphatic rings. The lowest BCUT2D eigenvalue weighted by atomic mass is 10.1. The molecule has 5 nitrogen and oxygen atoms in total. The summed E-state index contributed by atoms with van der Waals surface area (Å²) in [5, 5.41) is 0. The maximum absolute atomic E-state index is 12.4. The molecular formula is C12H21N3O2S. The first-order chi connectivity index (χ1) is 8.64. The average Bonchev–Trinajstić information content (AvgIpc) is 2.76. The van der Waals surface area contributed by atoms with E-state index < -0.39 is 10.0 Å². The highest BCUT2D eigenvalue weighted by Gasteiger charge is 2.25. The molecule has 18 heavy (non-hydrogen) atoms. The average molecular weight is 271 g/mol. The van der Waals surface area contributed by atoms with Crippen LogP contribution < -0.4 is 5.73 Å². The molecule has 1 fully saturated rings. The van der Waals surface area contributed by atoms with Gasteiger partial charge in [-0.05, 0) is 18.9 Å². The molecule has 1 saturated heterocycles. The van der Waals surface area contributed by atoms with Crippen molar-refractivity contribution in [2.75, 3.05) is 13.1 Å². The molecule has 6 heteroatoms. The summed E-state index contributed by atoms with van der Waals surface area (Å²) < 4.78 is 26.5. The van der Waals surface area contributed by atoms with Crippen molar-refractivity contribution < 1.29 is 8.42 Å². The summed E-state index contributed by atoms with van der Waals surface area (Å²) in [5.41, 5.74) is 6.24. The van der Waals surface area contributed by atoms with Crippen molar-refractivity contribution in [3.8, 4) is 0 Å². The van der Waals surface area contributed by atoms with Crippen LogP contribution >= 0.6 is 0 Å². The summed E-state index contributed by atoms with van der Waals surface area (Å²) in [6.07, 6.45) is 6.90. The minimum Gasteiger partial charge on any atom is -0.363 e. The van der Waals surface area contributed by atoms with Crippen molar-refractivity contribution in [2.24, 2.45) is 5.73 Å². The van der Waals surface area contributed by atoms with Gasteiger partial charge in [0, 0.05) is 31.5 Å². The van der Waals surface area contributed by atoms with Gasteiger partial charge >= 0.3 is 0 Å². The highest BCUT2D eigenvalue weighted by molar-refractivity contribution is 7.89. The molecule has 2 heterocycles. The first-order valence-corrected chi connectivity index (χ1v) is 7.96. The van der Waals surface area contributed by atoms with Crippen LogP contribution in [0.4, 0.5) is 0 Å². The zero-order valence-corrected chi connectivity index (χ0v) is 11.4. The predicted octanol–water partition coefficient (Wildman–Crippen LogP) is 1.43. The minimum atomic E-state index is -3.34. The highest BCUT2D eigenvalue weighted by atomic mass is 32.2. The molecule has 0 saturated carbocycles. The van der Waals surface area contributed by atoms with E-state index in [1.807, 2.05) is 0 Å². The Morgan fingerprint density at radius 3 is 2.33 bits per heavy atom. The number of hydrogen-bond acceptors (Lipinski definition) is 3. The number of rotatable bonds is 3. The lowest BCUT2D eigenvalue weighted by molar-refractivity contribution is 0.364. The Kier molecular flexibility index (Phi) is 4.42. The Hall–Kier alpha value is -0.850. The number of nitrogens with two attached hydrogens (primary N) is 1. The van der Waals surface area contributed by atoms with Gasteiger partial charge in [-0.1, -0.05) is 19.3 Å². The zero-order chi connectivity index (χ0) is 13.0. The van der Waals surface area contributed by atoms with Crippen LogP contribution in [0.2, 0.25) is 0 Å². The predicted molar refractivity (Wildman–Crippen MR) is 70.5 cm³/mol. The van der Waals surface area contributed by atoms with Gasteiger partial charge in [-0.3, -0.25) is 0 Å². The molecule has 1 aromatic rings. The zero-order valence-electron chi connectivity index (χ0n) is 10.6. The molecular weight excluding hydrogens is 250 g/mol. The highest BCUT2D eigenvalue weighted by Crippen LogP contribution is 2.20. The molecule has 0 atom stereocenters. The van der Waals surface area contributed by atoms with E-state index in [4.69, 9.17) is 5.73 Å². The molecule has 0 aliphatic carbocycles. The third-order valence-electron chi connectivity index (χ3n) is 3.39. The van der Waals surface area contributed by atoms with Gasteiger partial charge < -0.3 is 10.7 Å². The molecule has 0 radical (unpaired) electrons. The van der Waals surface area contributed by atoms with Gasteiger partial charge in [0.05, 0.1) is 4.90 Å². The lowest BCUT2D eigenvalue weighted by Gasteiger charge is -2.23. The Balaban J connectivity index is 2.17. The molecule has 3 N–H and O–H groups in total. The van der Waals surface area contributed by atoms with Crippen molar-refractivity contribution in [3.63, 3.8) is 0 Å². The summed E-state index contributed by atoms with van der Waals surface area (Å²) in [6.45, 7) is 1.59. The van der Waals surface area contributed by atoms with Crippen molar-refractivity contribution in [2.45, 2.75) is 43.5 Å². The fraction of sp³-hybridized carbons (Fsp3) is 0.667. The van der Waals surface area contributed by atoms with Crippen LogP contribution in [0.5, 0.6) is 0 Å². The van der Waals surface area contributed by atoms with Crippen LogP contribution in [-0.4, -0.2) is 30.8 Å². The summed E-state index contributed by atoms with van der Waals surface area (Å²) in [6, 6.07) is 1.63. The van der Waals surface area contributed by atoms with Gasteiger partial charge in [0.15, 0.2) is 0 Å². The Labute approximate surface area is 108 Å². The van der Waals surface area contributed by atoms with Crippen LogP contribution in [-0.2, 0) is 16.6 Å². The Bertz CT molecular complexity index is 473. The molecule has 0 aromatic carbocycles. The molecule has 102 valence electrons. The maximum Gasteiger partial charge on any atom is 0.244 e. The monoisotopic (exact) mass is 271 g/mol. The first kappa shape index (κ1) is 13.6. The fourth-order valence-corrected chi connectivity index (χ4v) is 3.83.